The summed E-state index contributed by atoms with van der Waals surface area (Å²) in [5.74, 6) is 1.01. The van der Waals surface area contributed by atoms with E-state index in [4.69, 9.17) is 4.74 Å². The minimum absolute atomic E-state index is 0.101. The Kier molecular flexibility index (Phi) is 9.16. The van der Waals surface area contributed by atoms with Crippen molar-refractivity contribution in [3.05, 3.63) is 65.5 Å². The van der Waals surface area contributed by atoms with Gasteiger partial charge in [-0.3, -0.25) is 4.79 Å². The molecule has 0 N–H and O–H groups in total. The Hall–Kier alpha value is -2.44. The lowest BCUT2D eigenvalue weighted by molar-refractivity contribution is -0.152. The number of rotatable bonds is 10. The number of piperidine rings is 1. The van der Waals surface area contributed by atoms with Gasteiger partial charge in [-0.1, -0.05) is 36.8 Å². The van der Waals surface area contributed by atoms with Crippen LogP contribution in [0.3, 0.4) is 0 Å². The summed E-state index contributed by atoms with van der Waals surface area (Å²) in [4.78, 5) is 19.8. The number of likely N-dealkylation sites (N-methyl/N-ethyl adjacent to an activating group) is 1. The lowest BCUT2D eigenvalue weighted by atomic mass is 9.58. The van der Waals surface area contributed by atoms with Crippen LogP contribution < -0.4 is 4.90 Å². The Labute approximate surface area is 240 Å². The van der Waals surface area contributed by atoms with Gasteiger partial charge >= 0.3 is 5.97 Å². The molecule has 2 saturated heterocycles. The third kappa shape index (κ3) is 6.23. The summed E-state index contributed by atoms with van der Waals surface area (Å²) >= 11 is 0. The molecule has 218 valence electrons. The second kappa shape index (κ2) is 12.6. The van der Waals surface area contributed by atoms with Crippen LogP contribution in [0.1, 0.15) is 56.6 Å². The number of benzene rings is 2. The summed E-state index contributed by atoms with van der Waals surface area (Å²) in [6.45, 7) is 10.4. The van der Waals surface area contributed by atoms with Crippen molar-refractivity contribution in [1.82, 2.24) is 9.80 Å². The van der Waals surface area contributed by atoms with Crippen LogP contribution in [0.2, 0.25) is 0 Å². The normalized spacial score (nSPS) is 24.2. The van der Waals surface area contributed by atoms with Gasteiger partial charge in [0.25, 0.3) is 0 Å². The fourth-order valence-corrected chi connectivity index (χ4v) is 7.95. The SMILES string of the molecule is CCC(=O)O[C@H]1CCC[C@@H]1[C@](CN(C)C)(c1cccc(F)c1)C1CCN(CC2CN(c3ccc(C)cc3)C2)CC1. The number of likely N-dealkylation sites (tertiary alicyclic amines) is 1. The number of carbonyl (C=O) groups is 1. The molecule has 0 radical (unpaired) electrons. The fraction of sp³-hybridized carbons (Fsp3) is 0.618. The minimum Gasteiger partial charge on any atom is -0.462 e. The van der Waals surface area contributed by atoms with Crippen LogP contribution in [0, 0.1) is 30.5 Å². The Morgan fingerprint density at radius 2 is 1.77 bits per heavy atom. The number of hydrogen-bond acceptors (Lipinski definition) is 5. The van der Waals surface area contributed by atoms with Crippen molar-refractivity contribution in [2.75, 3.05) is 58.3 Å². The molecule has 0 bridgehead atoms. The molecule has 0 aromatic heterocycles. The van der Waals surface area contributed by atoms with Crippen LogP contribution >= 0.6 is 0 Å². The van der Waals surface area contributed by atoms with Gasteiger partial charge in [0.1, 0.15) is 11.9 Å². The van der Waals surface area contributed by atoms with Crippen molar-refractivity contribution in [2.45, 2.75) is 63.9 Å². The smallest absolute Gasteiger partial charge is 0.305 e. The second-order valence-corrected chi connectivity index (χ2v) is 12.9. The molecule has 0 unspecified atom stereocenters. The first-order chi connectivity index (χ1) is 19.3. The highest BCUT2D eigenvalue weighted by Gasteiger charge is 2.53. The third-order valence-corrected chi connectivity index (χ3v) is 9.81. The first-order valence-electron chi connectivity index (χ1n) is 15.4. The molecule has 1 aliphatic carbocycles. The number of anilines is 1. The molecular formula is C34H48FN3O2. The number of aryl methyl sites for hydroxylation is 1. The van der Waals surface area contributed by atoms with E-state index in [-0.39, 0.29) is 29.2 Å². The number of nitrogens with zero attached hydrogens (tertiary/aromatic N) is 3. The lowest BCUT2D eigenvalue weighted by Gasteiger charge is -2.52. The molecule has 2 heterocycles. The van der Waals surface area contributed by atoms with Gasteiger partial charge in [-0.05, 0) is 102 Å². The van der Waals surface area contributed by atoms with E-state index in [1.165, 1.54) is 11.3 Å². The van der Waals surface area contributed by atoms with E-state index in [2.05, 4.69) is 66.1 Å². The Balaban J connectivity index is 1.31. The van der Waals surface area contributed by atoms with Crippen LogP contribution in [0.5, 0.6) is 0 Å². The molecule has 40 heavy (non-hydrogen) atoms. The maximum atomic E-state index is 14.8. The van der Waals surface area contributed by atoms with Gasteiger partial charge in [0, 0.05) is 55.5 Å². The van der Waals surface area contributed by atoms with Crippen LogP contribution in [-0.2, 0) is 14.9 Å². The molecule has 5 nitrogen and oxygen atoms in total. The Morgan fingerprint density at radius 3 is 2.42 bits per heavy atom. The molecule has 2 aromatic carbocycles. The van der Waals surface area contributed by atoms with Gasteiger partial charge in [0.05, 0.1) is 0 Å². The number of carbonyl (C=O) groups excluding carboxylic acids is 1. The van der Waals surface area contributed by atoms with Crippen molar-refractivity contribution in [2.24, 2.45) is 17.8 Å². The number of hydrogen-bond donors (Lipinski definition) is 0. The molecule has 1 saturated carbocycles. The molecule has 6 heteroatoms. The monoisotopic (exact) mass is 549 g/mol. The molecule has 5 rings (SSSR count). The minimum atomic E-state index is -0.258. The molecule has 2 aromatic rings. The van der Waals surface area contributed by atoms with Crippen molar-refractivity contribution < 1.29 is 13.9 Å². The van der Waals surface area contributed by atoms with Crippen molar-refractivity contribution >= 4 is 11.7 Å². The van der Waals surface area contributed by atoms with Crippen molar-refractivity contribution in [3.8, 4) is 0 Å². The molecular weight excluding hydrogens is 501 g/mol. The maximum Gasteiger partial charge on any atom is 0.305 e. The van der Waals surface area contributed by atoms with Gasteiger partial charge in [-0.25, -0.2) is 4.39 Å². The summed E-state index contributed by atoms with van der Waals surface area (Å²) in [5.41, 5.74) is 3.46. The number of halogens is 1. The zero-order chi connectivity index (χ0) is 28.3. The number of esters is 1. The van der Waals surface area contributed by atoms with Crippen LogP contribution in [-0.4, -0.2) is 75.2 Å². The third-order valence-electron chi connectivity index (χ3n) is 9.81. The van der Waals surface area contributed by atoms with Gasteiger partial charge in [0.2, 0.25) is 0 Å². The first kappa shape index (κ1) is 29.1. The number of ether oxygens (including phenoxy) is 1. The van der Waals surface area contributed by atoms with Crippen LogP contribution in [0.4, 0.5) is 10.1 Å². The van der Waals surface area contributed by atoms with E-state index < -0.39 is 0 Å². The van der Waals surface area contributed by atoms with Crippen LogP contribution in [0.25, 0.3) is 0 Å². The molecule has 2 aliphatic heterocycles. The average molecular weight is 550 g/mol. The van der Waals surface area contributed by atoms with E-state index in [1.807, 2.05) is 13.0 Å². The van der Waals surface area contributed by atoms with E-state index in [9.17, 15) is 9.18 Å². The lowest BCUT2D eigenvalue weighted by Crippen LogP contribution is -2.56. The van der Waals surface area contributed by atoms with E-state index in [0.717, 1.165) is 76.9 Å². The second-order valence-electron chi connectivity index (χ2n) is 12.9. The van der Waals surface area contributed by atoms with Gasteiger partial charge in [-0.15, -0.1) is 0 Å². The van der Waals surface area contributed by atoms with Gasteiger partial charge in [-0.2, -0.15) is 0 Å². The zero-order valence-corrected chi connectivity index (χ0v) is 24.9. The summed E-state index contributed by atoms with van der Waals surface area (Å²) < 4.78 is 20.9. The Bertz CT molecular complexity index is 1120. The highest BCUT2D eigenvalue weighted by Crippen LogP contribution is 2.51. The van der Waals surface area contributed by atoms with Crippen molar-refractivity contribution in [3.63, 3.8) is 0 Å². The van der Waals surface area contributed by atoms with E-state index >= 15 is 0 Å². The Morgan fingerprint density at radius 1 is 1.05 bits per heavy atom. The highest BCUT2D eigenvalue weighted by molar-refractivity contribution is 5.69. The van der Waals surface area contributed by atoms with E-state index in [1.54, 1.807) is 12.1 Å². The molecule has 0 spiro atoms. The molecule has 3 atom stereocenters. The van der Waals surface area contributed by atoms with Gasteiger partial charge < -0.3 is 19.4 Å². The molecule has 3 fully saturated rings. The zero-order valence-electron chi connectivity index (χ0n) is 24.9. The standard InChI is InChI=1S/C34H48FN3O2/c1-5-33(39)40-32-11-7-10-31(32)34(24-36(3)4,28-8-6-9-29(35)20-28)27-16-18-37(19-17-27)21-26-22-38(23-26)30-14-12-25(2)13-15-30/h6,8-9,12-15,20,26-27,31-32H,5,7,10-11,16-19,21-24H2,1-4H3/t31-,32-,34-/m0/s1. The molecule has 0 amide bonds. The maximum absolute atomic E-state index is 14.8. The summed E-state index contributed by atoms with van der Waals surface area (Å²) in [6, 6.07) is 16.2. The quantitative estimate of drug-likeness (QED) is 0.345. The predicted octanol–water partition coefficient (Wildman–Crippen LogP) is 5.90. The van der Waals surface area contributed by atoms with E-state index in [0.29, 0.717) is 18.3 Å². The predicted molar refractivity (Wildman–Crippen MR) is 160 cm³/mol. The summed E-state index contributed by atoms with van der Waals surface area (Å²) in [7, 11) is 4.25. The average Bonchev–Trinajstić information content (AvgIpc) is 3.38. The highest BCUT2D eigenvalue weighted by atomic mass is 19.1. The van der Waals surface area contributed by atoms with Crippen LogP contribution in [0.15, 0.2) is 48.5 Å². The van der Waals surface area contributed by atoms with Crippen molar-refractivity contribution in [1.29, 1.82) is 0 Å². The largest absolute Gasteiger partial charge is 0.462 e. The topological polar surface area (TPSA) is 36.0 Å². The molecule has 3 aliphatic rings. The summed E-state index contributed by atoms with van der Waals surface area (Å²) in [6.07, 6.45) is 5.44. The summed E-state index contributed by atoms with van der Waals surface area (Å²) in [5, 5.41) is 0. The fourth-order valence-electron chi connectivity index (χ4n) is 7.95. The van der Waals surface area contributed by atoms with Gasteiger partial charge in [0.15, 0.2) is 0 Å². The first-order valence-corrected chi connectivity index (χ1v) is 15.4.